The normalized spacial score (nSPS) is 16.1. The molecular formula is C26H26ClN5O5S. The van der Waals surface area contributed by atoms with Gasteiger partial charge in [0.15, 0.2) is 11.9 Å². The number of para-hydroxylation sites is 2. The van der Waals surface area contributed by atoms with E-state index in [1.54, 1.807) is 18.3 Å². The smallest absolute Gasteiger partial charge is 0.250 e. The number of phenols is 1. The number of nitrogens with one attached hydrogen (secondary N) is 2. The summed E-state index contributed by atoms with van der Waals surface area (Å²) in [7, 11) is -2.76. The Hall–Kier alpha value is -3.82. The molecule has 0 spiro atoms. The number of phenolic OH excluding ortho intramolecular Hbond substituents is 1. The van der Waals surface area contributed by atoms with Crippen LogP contribution in [0.2, 0.25) is 5.02 Å². The lowest BCUT2D eigenvalue weighted by molar-refractivity contribution is 0.0405. The summed E-state index contributed by atoms with van der Waals surface area (Å²) in [6, 6.07) is 19.2. The van der Waals surface area contributed by atoms with Crippen molar-refractivity contribution in [2.45, 2.75) is 30.6 Å². The van der Waals surface area contributed by atoms with Gasteiger partial charge in [0.2, 0.25) is 5.96 Å². The summed E-state index contributed by atoms with van der Waals surface area (Å²) in [4.78, 5) is 4.02. The second-order valence-electron chi connectivity index (χ2n) is 8.27. The van der Waals surface area contributed by atoms with Crippen LogP contribution in [0.5, 0.6) is 11.5 Å². The molecule has 1 saturated heterocycles. The van der Waals surface area contributed by atoms with Gasteiger partial charge in [-0.1, -0.05) is 48.0 Å². The monoisotopic (exact) mass is 555 g/mol. The average molecular weight is 556 g/mol. The van der Waals surface area contributed by atoms with E-state index in [4.69, 9.17) is 21.1 Å². The zero-order chi connectivity index (χ0) is 27.1. The number of nitriles is 1. The molecular weight excluding hydrogens is 530 g/mol. The summed E-state index contributed by atoms with van der Waals surface area (Å²) in [6.07, 6.45) is 2.29. The standard InChI is InChI=1S/C26H26ClN5O5S/c1-36-23-12-7-15-32(23)38(34,35)25-20(27)13-14-22(24(25)33)31-26(29-17-28)30-21-11-6-5-8-18(21)16-37-19-9-3-2-4-10-19/h2-6,8-11,13-14,23,33H,7,12,15-16H2,1H3,(H2,29,30,31). The molecule has 1 heterocycles. The van der Waals surface area contributed by atoms with Gasteiger partial charge in [0, 0.05) is 19.2 Å². The van der Waals surface area contributed by atoms with Crippen LogP contribution in [0.25, 0.3) is 0 Å². The van der Waals surface area contributed by atoms with Gasteiger partial charge in [0.25, 0.3) is 10.0 Å². The molecule has 0 aromatic heterocycles. The number of hydrogen-bond donors (Lipinski definition) is 3. The summed E-state index contributed by atoms with van der Waals surface area (Å²) in [5.41, 5.74) is 1.22. The number of methoxy groups -OCH3 is 1. The van der Waals surface area contributed by atoms with Gasteiger partial charge in [-0.25, -0.2) is 13.4 Å². The Kier molecular flexibility index (Phi) is 8.70. The van der Waals surface area contributed by atoms with Gasteiger partial charge < -0.3 is 19.9 Å². The molecule has 3 N–H and O–H groups in total. The SMILES string of the molecule is COC1CCCN1S(=O)(=O)c1c(Cl)ccc(NC(=Nc2ccccc2COc2ccccc2)NC#N)c1O. The van der Waals surface area contributed by atoms with Crippen LogP contribution in [0.15, 0.2) is 76.6 Å². The largest absolute Gasteiger partial charge is 0.504 e. The zero-order valence-electron chi connectivity index (χ0n) is 20.5. The van der Waals surface area contributed by atoms with Crippen molar-refractivity contribution < 1.29 is 23.0 Å². The molecule has 10 nitrogen and oxygen atoms in total. The molecule has 1 aliphatic heterocycles. The van der Waals surface area contributed by atoms with Gasteiger partial charge in [-0.2, -0.15) is 9.57 Å². The van der Waals surface area contributed by atoms with Crippen LogP contribution in [0.4, 0.5) is 11.4 Å². The third-order valence-corrected chi connectivity index (χ3v) is 8.25. The fourth-order valence-corrected chi connectivity index (χ4v) is 6.26. The van der Waals surface area contributed by atoms with Crippen LogP contribution in [-0.4, -0.2) is 43.7 Å². The van der Waals surface area contributed by atoms with E-state index in [1.165, 1.54) is 23.5 Å². The maximum Gasteiger partial charge on any atom is 0.250 e. The summed E-state index contributed by atoms with van der Waals surface area (Å²) in [5, 5.41) is 25.4. The van der Waals surface area contributed by atoms with E-state index in [9.17, 15) is 18.8 Å². The van der Waals surface area contributed by atoms with E-state index in [0.29, 0.717) is 24.3 Å². The summed E-state index contributed by atoms with van der Waals surface area (Å²) >= 11 is 6.24. The summed E-state index contributed by atoms with van der Waals surface area (Å²) < 4.78 is 39.1. The molecule has 1 unspecified atom stereocenters. The van der Waals surface area contributed by atoms with E-state index < -0.39 is 26.9 Å². The lowest BCUT2D eigenvalue weighted by atomic mass is 10.2. The van der Waals surface area contributed by atoms with E-state index in [0.717, 1.165) is 5.56 Å². The Labute approximate surface area is 226 Å². The quantitative estimate of drug-likeness (QED) is 0.121. The fraction of sp³-hybridized carbons (Fsp3) is 0.231. The van der Waals surface area contributed by atoms with Gasteiger partial charge in [0.1, 0.15) is 23.5 Å². The molecule has 4 rings (SSSR count). The summed E-state index contributed by atoms with van der Waals surface area (Å²) in [5.74, 6) is 0.0391. The number of aliphatic imine (C=N–C) groups is 1. The van der Waals surface area contributed by atoms with E-state index in [1.807, 2.05) is 42.5 Å². The third kappa shape index (κ3) is 6.00. The fourth-order valence-electron chi connectivity index (χ4n) is 4.04. The molecule has 38 heavy (non-hydrogen) atoms. The van der Waals surface area contributed by atoms with Crippen molar-refractivity contribution in [3.63, 3.8) is 0 Å². The Morgan fingerprint density at radius 3 is 2.66 bits per heavy atom. The predicted molar refractivity (Wildman–Crippen MR) is 144 cm³/mol. The van der Waals surface area contributed by atoms with Crippen molar-refractivity contribution in [2.75, 3.05) is 19.0 Å². The number of nitrogens with zero attached hydrogens (tertiary/aromatic N) is 3. The first-order chi connectivity index (χ1) is 18.3. The molecule has 3 aromatic carbocycles. The molecule has 3 aromatic rings. The second kappa shape index (κ2) is 12.1. The van der Waals surface area contributed by atoms with Crippen molar-refractivity contribution in [3.05, 3.63) is 77.3 Å². The highest BCUT2D eigenvalue weighted by Crippen LogP contribution is 2.40. The van der Waals surface area contributed by atoms with Crippen LogP contribution in [0.1, 0.15) is 18.4 Å². The maximum absolute atomic E-state index is 13.4. The Morgan fingerprint density at radius 1 is 1.18 bits per heavy atom. The first-order valence-electron chi connectivity index (χ1n) is 11.7. The number of aromatic hydroxyl groups is 1. The number of halogens is 1. The van der Waals surface area contributed by atoms with Crippen molar-refractivity contribution in [3.8, 4) is 17.7 Å². The van der Waals surface area contributed by atoms with Crippen LogP contribution in [0, 0.1) is 11.5 Å². The third-order valence-electron chi connectivity index (χ3n) is 5.86. The zero-order valence-corrected chi connectivity index (χ0v) is 22.0. The number of benzene rings is 3. The number of rotatable bonds is 8. The first kappa shape index (κ1) is 27.2. The van der Waals surface area contributed by atoms with Crippen LogP contribution < -0.4 is 15.4 Å². The maximum atomic E-state index is 13.4. The Morgan fingerprint density at radius 2 is 1.92 bits per heavy atom. The number of guanidine groups is 1. The highest BCUT2D eigenvalue weighted by molar-refractivity contribution is 7.89. The van der Waals surface area contributed by atoms with Gasteiger partial charge in [-0.05, 0) is 43.2 Å². The topological polar surface area (TPSA) is 136 Å². The van der Waals surface area contributed by atoms with Crippen molar-refractivity contribution >= 4 is 39.0 Å². The van der Waals surface area contributed by atoms with E-state index >= 15 is 0 Å². The average Bonchev–Trinajstić information content (AvgIpc) is 3.41. The Balaban J connectivity index is 1.64. The molecule has 0 amide bonds. The minimum atomic E-state index is -4.19. The van der Waals surface area contributed by atoms with E-state index in [-0.39, 0.29) is 29.8 Å². The van der Waals surface area contributed by atoms with Gasteiger partial charge in [0.05, 0.1) is 16.4 Å². The van der Waals surface area contributed by atoms with Crippen molar-refractivity contribution in [1.29, 1.82) is 5.26 Å². The minimum absolute atomic E-state index is 0.0133. The molecule has 0 aliphatic carbocycles. The van der Waals surface area contributed by atoms with Gasteiger partial charge in [-0.15, -0.1) is 0 Å². The lowest BCUT2D eigenvalue weighted by Gasteiger charge is -2.24. The molecule has 0 bridgehead atoms. The van der Waals surface area contributed by atoms with Crippen LogP contribution >= 0.6 is 11.6 Å². The molecule has 1 fully saturated rings. The van der Waals surface area contributed by atoms with Crippen LogP contribution in [-0.2, 0) is 21.4 Å². The second-order valence-corrected chi connectivity index (χ2v) is 10.5. The van der Waals surface area contributed by atoms with Crippen molar-refractivity contribution in [2.24, 2.45) is 4.99 Å². The molecule has 0 saturated carbocycles. The molecule has 12 heteroatoms. The molecule has 0 radical (unpaired) electrons. The van der Waals surface area contributed by atoms with Crippen molar-refractivity contribution in [1.82, 2.24) is 9.62 Å². The minimum Gasteiger partial charge on any atom is -0.504 e. The number of sulfonamides is 1. The highest BCUT2D eigenvalue weighted by Gasteiger charge is 2.38. The van der Waals surface area contributed by atoms with Gasteiger partial charge in [-0.3, -0.25) is 5.32 Å². The van der Waals surface area contributed by atoms with Gasteiger partial charge >= 0.3 is 0 Å². The van der Waals surface area contributed by atoms with E-state index in [2.05, 4.69) is 15.6 Å². The number of anilines is 1. The summed E-state index contributed by atoms with van der Waals surface area (Å²) in [6.45, 7) is 0.452. The number of ether oxygens (including phenoxy) is 2. The highest BCUT2D eigenvalue weighted by atomic mass is 35.5. The molecule has 1 atom stereocenters. The van der Waals surface area contributed by atoms with Crippen LogP contribution in [0.3, 0.4) is 0 Å². The Bertz CT molecular complexity index is 1460. The first-order valence-corrected chi connectivity index (χ1v) is 13.5. The number of hydrogen-bond acceptors (Lipinski definition) is 7. The molecule has 1 aliphatic rings. The molecule has 198 valence electrons. The predicted octanol–water partition coefficient (Wildman–Crippen LogP) is 4.55. The lowest BCUT2D eigenvalue weighted by Crippen LogP contribution is -2.36.